The third-order valence-corrected chi connectivity index (χ3v) is 16.9. The van der Waals surface area contributed by atoms with Crippen molar-refractivity contribution in [1.82, 2.24) is 0 Å². The van der Waals surface area contributed by atoms with Crippen LogP contribution in [0.25, 0.3) is 75.5 Å². The SMILES string of the molecule is CC1(C)CCC(C)(C)c2cc3c(cc21)sc1cc(-c2cccc(-c4cccc(N(c5ccc(-c6ccccc6Cc6ccccc6)c(Cc6ccccc6)c5)c5cccc6oc7ccccc7c56)c4)c2)ccc13. The Morgan fingerprint density at radius 1 is 0.411 bits per heavy atom. The number of fused-ring (bicyclic) bond motifs is 7. The second kappa shape index (κ2) is 17.9. The van der Waals surface area contributed by atoms with Crippen molar-refractivity contribution in [3.63, 3.8) is 0 Å². The smallest absolute Gasteiger partial charge is 0.137 e. The molecule has 0 amide bonds. The molecule has 0 aliphatic heterocycles. The summed E-state index contributed by atoms with van der Waals surface area (Å²) in [5.74, 6) is 0. The van der Waals surface area contributed by atoms with Gasteiger partial charge in [0.05, 0.1) is 11.1 Å². The molecule has 0 saturated heterocycles. The molecule has 1 aliphatic rings. The molecule has 0 atom stereocenters. The minimum Gasteiger partial charge on any atom is -0.456 e. The van der Waals surface area contributed by atoms with E-state index in [0.29, 0.717) is 0 Å². The van der Waals surface area contributed by atoms with Crippen molar-refractivity contribution in [2.75, 3.05) is 4.90 Å². The summed E-state index contributed by atoms with van der Waals surface area (Å²) in [5.41, 5.74) is 20.8. The molecule has 73 heavy (non-hydrogen) atoms. The molecule has 0 unspecified atom stereocenters. The maximum atomic E-state index is 6.56. The van der Waals surface area contributed by atoms with Crippen molar-refractivity contribution >= 4 is 70.5 Å². The third-order valence-electron chi connectivity index (χ3n) is 15.8. The highest BCUT2D eigenvalue weighted by molar-refractivity contribution is 7.25. The van der Waals surface area contributed by atoms with E-state index in [1.807, 2.05) is 11.3 Å². The fourth-order valence-corrected chi connectivity index (χ4v) is 13.0. The van der Waals surface area contributed by atoms with Crippen LogP contribution < -0.4 is 4.90 Å². The largest absolute Gasteiger partial charge is 0.456 e. The van der Waals surface area contributed by atoms with Gasteiger partial charge in [0, 0.05) is 36.9 Å². The van der Waals surface area contributed by atoms with E-state index in [4.69, 9.17) is 4.42 Å². The number of hydrogen-bond acceptors (Lipinski definition) is 3. The van der Waals surface area contributed by atoms with Crippen molar-refractivity contribution in [1.29, 1.82) is 0 Å². The van der Waals surface area contributed by atoms with Crippen LogP contribution in [0.1, 0.15) is 73.9 Å². The molecule has 0 N–H and O–H groups in total. The number of para-hydroxylation sites is 1. The van der Waals surface area contributed by atoms with Crippen molar-refractivity contribution in [2.24, 2.45) is 0 Å². The second-order valence-corrected chi connectivity index (χ2v) is 22.6. The van der Waals surface area contributed by atoms with Crippen molar-refractivity contribution in [3.05, 3.63) is 258 Å². The van der Waals surface area contributed by atoms with Gasteiger partial charge in [0.15, 0.2) is 0 Å². The summed E-state index contributed by atoms with van der Waals surface area (Å²) in [5, 5.41) is 4.93. The molecule has 0 saturated carbocycles. The quantitative estimate of drug-likeness (QED) is 0.136. The number of furan rings is 1. The van der Waals surface area contributed by atoms with E-state index in [2.05, 4.69) is 257 Å². The molecule has 354 valence electrons. The minimum atomic E-state index is 0.175. The van der Waals surface area contributed by atoms with Gasteiger partial charge in [-0.1, -0.05) is 185 Å². The minimum absolute atomic E-state index is 0.175. The summed E-state index contributed by atoms with van der Waals surface area (Å²) in [4.78, 5) is 2.45. The standard InChI is InChI=1S/C70H57NOS/c1-69(2)36-37-70(3,4)62-45-67-60(44-61(62)69)58-34-32-51(43-66(58)73-67)49-24-15-23-48(40-49)50-25-16-26-54(41-50)71(63-29-17-31-65-68(63)59-28-13-14-30-64(59)72-65)55-33-35-57(53(42-55)39-47-20-9-6-10-21-47)56-27-12-11-22-52(56)38-46-18-7-5-8-19-46/h5-35,40-45H,36-39H2,1-4H3. The van der Waals surface area contributed by atoms with Gasteiger partial charge in [0.2, 0.25) is 0 Å². The van der Waals surface area contributed by atoms with Gasteiger partial charge in [-0.3, -0.25) is 0 Å². The van der Waals surface area contributed by atoms with Gasteiger partial charge in [0.25, 0.3) is 0 Å². The first kappa shape index (κ1) is 44.9. The zero-order chi connectivity index (χ0) is 49.3. The second-order valence-electron chi connectivity index (χ2n) is 21.5. The third kappa shape index (κ3) is 8.23. The number of thiophene rings is 1. The lowest BCUT2D eigenvalue weighted by atomic mass is 9.63. The van der Waals surface area contributed by atoms with Crippen LogP contribution in [-0.4, -0.2) is 0 Å². The van der Waals surface area contributed by atoms with E-state index in [-0.39, 0.29) is 10.8 Å². The molecule has 2 heterocycles. The molecule has 10 aromatic carbocycles. The van der Waals surface area contributed by atoms with Gasteiger partial charge in [-0.25, -0.2) is 0 Å². The molecule has 1 aliphatic carbocycles. The fraction of sp³-hybridized carbons (Fsp3) is 0.143. The highest BCUT2D eigenvalue weighted by atomic mass is 32.1. The number of nitrogens with zero attached hydrogens (tertiary/aromatic N) is 1. The summed E-state index contributed by atoms with van der Waals surface area (Å²) >= 11 is 1.94. The molecule has 2 nitrogen and oxygen atoms in total. The van der Waals surface area contributed by atoms with Crippen molar-refractivity contribution in [3.8, 4) is 33.4 Å². The topological polar surface area (TPSA) is 16.4 Å². The Balaban J connectivity index is 0.934. The average molecular weight is 960 g/mol. The lowest BCUT2D eigenvalue weighted by molar-refractivity contribution is 0.332. The Kier molecular flexibility index (Phi) is 11.0. The summed E-state index contributed by atoms with van der Waals surface area (Å²) in [6, 6.07) is 82.9. The molecular weight excluding hydrogens is 903 g/mol. The zero-order valence-corrected chi connectivity index (χ0v) is 42.8. The van der Waals surface area contributed by atoms with Crippen molar-refractivity contribution < 1.29 is 4.42 Å². The highest BCUT2D eigenvalue weighted by Gasteiger charge is 2.37. The molecule has 12 aromatic rings. The Morgan fingerprint density at radius 2 is 0.986 bits per heavy atom. The lowest BCUT2D eigenvalue weighted by Crippen LogP contribution is -2.33. The molecule has 0 fully saturated rings. The fourth-order valence-electron chi connectivity index (χ4n) is 11.8. The first-order valence-corrected chi connectivity index (χ1v) is 26.7. The van der Waals surface area contributed by atoms with Crippen LogP contribution in [0.2, 0.25) is 0 Å². The predicted molar refractivity (Wildman–Crippen MR) is 311 cm³/mol. The van der Waals surface area contributed by atoms with E-state index in [1.165, 1.54) is 94.2 Å². The first-order valence-electron chi connectivity index (χ1n) is 25.9. The molecule has 0 radical (unpaired) electrons. The van der Waals surface area contributed by atoms with Gasteiger partial charge in [-0.15, -0.1) is 11.3 Å². The predicted octanol–water partition coefficient (Wildman–Crippen LogP) is 20.0. The maximum absolute atomic E-state index is 6.56. The van der Waals surface area contributed by atoms with E-state index in [0.717, 1.165) is 57.4 Å². The van der Waals surface area contributed by atoms with Crippen LogP contribution in [-0.2, 0) is 23.7 Å². The highest BCUT2D eigenvalue weighted by Crippen LogP contribution is 2.50. The Hall–Kier alpha value is -7.98. The Bertz CT molecular complexity index is 4040. The van der Waals surface area contributed by atoms with Gasteiger partial charge in [-0.2, -0.15) is 0 Å². The van der Waals surface area contributed by atoms with Gasteiger partial charge in [-0.05, 0) is 170 Å². The van der Waals surface area contributed by atoms with Crippen molar-refractivity contribution in [2.45, 2.75) is 64.2 Å². The normalized spacial score (nSPS) is 14.0. The number of hydrogen-bond donors (Lipinski definition) is 0. The molecule has 13 rings (SSSR count). The molecule has 3 heteroatoms. The zero-order valence-electron chi connectivity index (χ0n) is 42.0. The van der Waals surface area contributed by atoms with Crippen LogP contribution in [0.3, 0.4) is 0 Å². The molecular formula is C70H57NOS. The monoisotopic (exact) mass is 959 g/mol. The number of anilines is 3. The van der Waals surface area contributed by atoms with E-state index in [1.54, 1.807) is 0 Å². The van der Waals surface area contributed by atoms with Gasteiger partial charge < -0.3 is 9.32 Å². The molecule has 0 bridgehead atoms. The van der Waals surface area contributed by atoms with Gasteiger partial charge >= 0.3 is 0 Å². The number of benzene rings is 10. The first-order chi connectivity index (χ1) is 35.6. The summed E-state index contributed by atoms with van der Waals surface area (Å²) in [6.07, 6.45) is 4.08. The summed E-state index contributed by atoms with van der Waals surface area (Å²) in [6.45, 7) is 9.70. The lowest BCUT2D eigenvalue weighted by Gasteiger charge is -2.41. The summed E-state index contributed by atoms with van der Waals surface area (Å²) in [7, 11) is 0. The van der Waals surface area contributed by atoms with Crippen LogP contribution >= 0.6 is 11.3 Å². The van der Waals surface area contributed by atoms with Crippen LogP contribution in [0.4, 0.5) is 17.1 Å². The molecule has 2 aromatic heterocycles. The van der Waals surface area contributed by atoms with E-state index >= 15 is 0 Å². The van der Waals surface area contributed by atoms with E-state index in [9.17, 15) is 0 Å². The van der Waals surface area contributed by atoms with Crippen LogP contribution in [0.5, 0.6) is 0 Å². The van der Waals surface area contributed by atoms with Gasteiger partial charge in [0.1, 0.15) is 11.2 Å². The van der Waals surface area contributed by atoms with E-state index < -0.39 is 0 Å². The maximum Gasteiger partial charge on any atom is 0.137 e. The Labute approximate surface area is 432 Å². The average Bonchev–Trinajstić information content (AvgIpc) is 3.99. The number of rotatable bonds is 10. The summed E-state index contributed by atoms with van der Waals surface area (Å²) < 4.78 is 9.29. The Morgan fingerprint density at radius 3 is 1.75 bits per heavy atom. The van der Waals surface area contributed by atoms with Crippen LogP contribution in [0.15, 0.2) is 229 Å². The van der Waals surface area contributed by atoms with Crippen LogP contribution in [0, 0.1) is 0 Å². The molecule has 0 spiro atoms.